The van der Waals surface area contributed by atoms with Crippen LogP contribution < -0.4 is 11.5 Å². The molecule has 1 saturated carbocycles. The third-order valence-electron chi connectivity index (χ3n) is 4.11. The highest BCUT2D eigenvalue weighted by Crippen LogP contribution is 2.37. The first-order chi connectivity index (χ1) is 7.15. The van der Waals surface area contributed by atoms with Crippen LogP contribution >= 0.6 is 0 Å². The van der Waals surface area contributed by atoms with Gasteiger partial charge in [-0.2, -0.15) is 0 Å². The van der Waals surface area contributed by atoms with E-state index in [1.807, 2.05) is 0 Å². The lowest BCUT2D eigenvalue weighted by Crippen LogP contribution is -2.36. The Morgan fingerprint density at radius 2 is 2.00 bits per heavy atom. The van der Waals surface area contributed by atoms with Crippen LogP contribution in [0.15, 0.2) is 0 Å². The molecule has 15 heavy (non-hydrogen) atoms. The Labute approximate surface area is 94.8 Å². The van der Waals surface area contributed by atoms with E-state index in [9.17, 15) is 0 Å². The largest absolute Gasteiger partial charge is 0.330 e. The average molecular weight is 212 g/mol. The topological polar surface area (TPSA) is 52.0 Å². The summed E-state index contributed by atoms with van der Waals surface area (Å²) in [6.45, 7) is 5.38. The molecule has 1 fully saturated rings. The van der Waals surface area contributed by atoms with Crippen LogP contribution in [0, 0.1) is 17.8 Å². The van der Waals surface area contributed by atoms with Gasteiger partial charge in [0.15, 0.2) is 0 Å². The number of rotatable bonds is 5. The molecule has 0 saturated heterocycles. The van der Waals surface area contributed by atoms with Gasteiger partial charge < -0.3 is 11.5 Å². The van der Waals surface area contributed by atoms with E-state index in [0.717, 1.165) is 24.3 Å². The van der Waals surface area contributed by atoms with Crippen molar-refractivity contribution >= 4 is 0 Å². The lowest BCUT2D eigenvalue weighted by atomic mass is 9.71. The van der Waals surface area contributed by atoms with Crippen molar-refractivity contribution in [2.75, 3.05) is 6.54 Å². The van der Waals surface area contributed by atoms with Crippen molar-refractivity contribution < 1.29 is 0 Å². The number of hydrogen-bond acceptors (Lipinski definition) is 2. The fraction of sp³-hybridized carbons (Fsp3) is 1.00. The van der Waals surface area contributed by atoms with Crippen LogP contribution in [0.4, 0.5) is 0 Å². The summed E-state index contributed by atoms with van der Waals surface area (Å²) >= 11 is 0. The van der Waals surface area contributed by atoms with Gasteiger partial charge in [0.1, 0.15) is 0 Å². The molecule has 0 heterocycles. The van der Waals surface area contributed by atoms with Crippen LogP contribution in [0.1, 0.15) is 52.4 Å². The Morgan fingerprint density at radius 3 is 2.60 bits per heavy atom. The lowest BCUT2D eigenvalue weighted by Gasteiger charge is -2.36. The van der Waals surface area contributed by atoms with Gasteiger partial charge in [0.05, 0.1) is 0 Å². The van der Waals surface area contributed by atoms with E-state index in [4.69, 9.17) is 11.5 Å². The lowest BCUT2D eigenvalue weighted by molar-refractivity contribution is 0.162. The van der Waals surface area contributed by atoms with E-state index < -0.39 is 0 Å². The molecule has 2 nitrogen and oxygen atoms in total. The zero-order chi connectivity index (χ0) is 11.3. The van der Waals surface area contributed by atoms with Crippen LogP contribution in [-0.2, 0) is 0 Å². The highest BCUT2D eigenvalue weighted by atomic mass is 14.6. The predicted molar refractivity (Wildman–Crippen MR) is 66.5 cm³/mol. The first-order valence-electron chi connectivity index (χ1n) is 6.60. The predicted octanol–water partition coefficient (Wildman–Crippen LogP) is 2.52. The highest BCUT2D eigenvalue weighted by molar-refractivity contribution is 4.82. The third kappa shape index (κ3) is 4.12. The molecule has 0 radical (unpaired) electrons. The van der Waals surface area contributed by atoms with E-state index >= 15 is 0 Å². The van der Waals surface area contributed by atoms with Crippen molar-refractivity contribution in [2.24, 2.45) is 29.2 Å². The normalized spacial score (nSPS) is 34.0. The minimum Gasteiger partial charge on any atom is -0.330 e. The standard InChI is InChI=1S/C13H28N2/c1-10-6-7-12(5-3-4-8-14)9-13(10)11(2)15/h10-13H,3-9,14-15H2,1-2H3. The number of nitrogens with two attached hydrogens (primary N) is 2. The molecule has 4 unspecified atom stereocenters. The summed E-state index contributed by atoms with van der Waals surface area (Å²) in [6, 6.07) is 0.373. The van der Waals surface area contributed by atoms with Crippen molar-refractivity contribution in [3.63, 3.8) is 0 Å². The van der Waals surface area contributed by atoms with Crippen molar-refractivity contribution in [1.29, 1.82) is 0 Å². The SMILES string of the molecule is CC(N)C1CC(CCCCN)CCC1C. The van der Waals surface area contributed by atoms with Gasteiger partial charge in [0.2, 0.25) is 0 Å². The molecule has 1 rings (SSSR count). The van der Waals surface area contributed by atoms with Gasteiger partial charge in [0.25, 0.3) is 0 Å². The maximum absolute atomic E-state index is 6.05. The van der Waals surface area contributed by atoms with Crippen LogP contribution in [0.25, 0.3) is 0 Å². The van der Waals surface area contributed by atoms with Crippen LogP contribution in [0.3, 0.4) is 0 Å². The molecule has 0 aromatic heterocycles. The molecule has 90 valence electrons. The van der Waals surface area contributed by atoms with Gasteiger partial charge in [-0.05, 0) is 44.1 Å². The minimum absolute atomic E-state index is 0.373. The molecule has 1 aliphatic carbocycles. The summed E-state index contributed by atoms with van der Waals surface area (Å²) in [5, 5.41) is 0. The number of unbranched alkanes of at least 4 members (excludes halogenated alkanes) is 1. The van der Waals surface area contributed by atoms with E-state index in [1.54, 1.807) is 0 Å². The maximum atomic E-state index is 6.05. The van der Waals surface area contributed by atoms with Crippen LogP contribution in [0.5, 0.6) is 0 Å². The summed E-state index contributed by atoms with van der Waals surface area (Å²) in [6.07, 6.45) is 8.00. The van der Waals surface area contributed by atoms with Gasteiger partial charge in [-0.3, -0.25) is 0 Å². The minimum atomic E-state index is 0.373. The monoisotopic (exact) mass is 212 g/mol. The zero-order valence-corrected chi connectivity index (χ0v) is 10.4. The molecular formula is C13H28N2. The summed E-state index contributed by atoms with van der Waals surface area (Å²) in [5.74, 6) is 2.50. The van der Waals surface area contributed by atoms with Gasteiger partial charge in [-0.25, -0.2) is 0 Å². The second-order valence-electron chi connectivity index (χ2n) is 5.46. The molecule has 0 aromatic rings. The number of hydrogen-bond donors (Lipinski definition) is 2. The zero-order valence-electron chi connectivity index (χ0n) is 10.4. The summed E-state index contributed by atoms with van der Waals surface area (Å²) < 4.78 is 0. The fourth-order valence-electron chi connectivity index (χ4n) is 3.02. The van der Waals surface area contributed by atoms with Gasteiger partial charge in [-0.1, -0.05) is 32.6 Å². The van der Waals surface area contributed by atoms with Crippen LogP contribution in [0.2, 0.25) is 0 Å². The molecular weight excluding hydrogens is 184 g/mol. The molecule has 1 aliphatic rings. The molecule has 0 aromatic carbocycles. The van der Waals surface area contributed by atoms with E-state index in [1.165, 1.54) is 38.5 Å². The third-order valence-corrected chi connectivity index (χ3v) is 4.11. The van der Waals surface area contributed by atoms with Gasteiger partial charge >= 0.3 is 0 Å². The maximum Gasteiger partial charge on any atom is 0.00414 e. The Morgan fingerprint density at radius 1 is 1.27 bits per heavy atom. The van der Waals surface area contributed by atoms with E-state index in [0.29, 0.717) is 6.04 Å². The second kappa shape index (κ2) is 6.49. The molecule has 0 bridgehead atoms. The smallest absolute Gasteiger partial charge is 0.00414 e. The Kier molecular flexibility index (Phi) is 5.62. The molecule has 4 N–H and O–H groups in total. The average Bonchev–Trinajstić information content (AvgIpc) is 2.20. The molecule has 0 spiro atoms. The molecule has 0 amide bonds. The van der Waals surface area contributed by atoms with Crippen molar-refractivity contribution in [2.45, 2.75) is 58.4 Å². The quantitative estimate of drug-likeness (QED) is 0.688. The first-order valence-corrected chi connectivity index (χ1v) is 6.60. The Balaban J connectivity index is 2.30. The van der Waals surface area contributed by atoms with Gasteiger partial charge in [-0.15, -0.1) is 0 Å². The summed E-state index contributed by atoms with van der Waals surface area (Å²) in [4.78, 5) is 0. The van der Waals surface area contributed by atoms with E-state index in [-0.39, 0.29) is 0 Å². The molecule has 0 aliphatic heterocycles. The van der Waals surface area contributed by atoms with Crippen molar-refractivity contribution in [3.8, 4) is 0 Å². The van der Waals surface area contributed by atoms with Crippen molar-refractivity contribution in [3.05, 3.63) is 0 Å². The summed E-state index contributed by atoms with van der Waals surface area (Å²) in [7, 11) is 0. The Hall–Kier alpha value is -0.0800. The van der Waals surface area contributed by atoms with Crippen LogP contribution in [-0.4, -0.2) is 12.6 Å². The first kappa shape index (κ1) is 13.0. The van der Waals surface area contributed by atoms with Crippen molar-refractivity contribution in [1.82, 2.24) is 0 Å². The summed E-state index contributed by atoms with van der Waals surface area (Å²) in [5.41, 5.74) is 11.6. The van der Waals surface area contributed by atoms with E-state index in [2.05, 4.69) is 13.8 Å². The fourth-order valence-corrected chi connectivity index (χ4v) is 3.02. The van der Waals surface area contributed by atoms with Gasteiger partial charge in [0, 0.05) is 6.04 Å². The molecule has 2 heteroatoms. The second-order valence-corrected chi connectivity index (χ2v) is 5.46. The Bertz CT molecular complexity index is 168. The highest BCUT2D eigenvalue weighted by Gasteiger charge is 2.29. The molecule has 4 atom stereocenters.